The molecular formula is C19H18FN7O2. The summed E-state index contributed by atoms with van der Waals surface area (Å²) in [6.07, 6.45) is 3.00. The molecule has 0 unspecified atom stereocenters. The number of amides is 1. The van der Waals surface area contributed by atoms with Crippen molar-refractivity contribution >= 4 is 22.8 Å². The van der Waals surface area contributed by atoms with Gasteiger partial charge in [-0.1, -0.05) is 0 Å². The van der Waals surface area contributed by atoms with Gasteiger partial charge in [0.25, 0.3) is 5.91 Å². The highest BCUT2D eigenvalue weighted by molar-refractivity contribution is 5.92. The molecule has 0 aliphatic rings. The van der Waals surface area contributed by atoms with Crippen LogP contribution in [0.25, 0.3) is 22.5 Å². The van der Waals surface area contributed by atoms with Crippen LogP contribution in [0, 0.1) is 12.7 Å². The fourth-order valence-electron chi connectivity index (χ4n) is 2.90. The molecule has 4 aromatic rings. The number of hydrogen-bond acceptors (Lipinski definition) is 6. The summed E-state index contributed by atoms with van der Waals surface area (Å²) in [5.74, 6) is 0.296. The number of hydrogen-bond donors (Lipinski definition) is 1. The molecule has 10 heteroatoms. The van der Waals surface area contributed by atoms with Crippen LogP contribution in [-0.2, 0) is 9.53 Å². The molecule has 0 saturated heterocycles. The van der Waals surface area contributed by atoms with Gasteiger partial charge in [0.15, 0.2) is 11.5 Å². The van der Waals surface area contributed by atoms with E-state index in [2.05, 4.69) is 25.5 Å². The number of anilines is 1. The van der Waals surface area contributed by atoms with Crippen LogP contribution >= 0.6 is 0 Å². The number of aromatic nitrogens is 6. The quantitative estimate of drug-likeness (QED) is 0.538. The zero-order valence-corrected chi connectivity index (χ0v) is 15.8. The van der Waals surface area contributed by atoms with Crippen molar-refractivity contribution in [2.45, 2.75) is 13.8 Å². The summed E-state index contributed by atoms with van der Waals surface area (Å²) in [4.78, 5) is 20.7. The molecule has 3 heterocycles. The fourth-order valence-corrected chi connectivity index (χ4v) is 2.90. The van der Waals surface area contributed by atoms with Gasteiger partial charge in [0.2, 0.25) is 0 Å². The Hall–Kier alpha value is -3.66. The standard InChI is InChI=1S/C19H18FN7O2/c1-3-29-10-17(28)24-16-8-12(2)25-27(16)19-15-9-23-26(18(15)21-11-22-19)14-6-4-13(20)5-7-14/h4-9,11H,3,10H2,1-2H3,(H,24,28). The Bertz CT molecular complexity index is 1170. The average molecular weight is 395 g/mol. The number of benzene rings is 1. The molecule has 0 bridgehead atoms. The predicted octanol–water partition coefficient (Wildman–Crippen LogP) is 2.42. The Balaban J connectivity index is 1.76. The van der Waals surface area contributed by atoms with Gasteiger partial charge in [-0.3, -0.25) is 4.79 Å². The number of aryl methyl sites for hydroxylation is 1. The van der Waals surface area contributed by atoms with E-state index in [1.165, 1.54) is 23.1 Å². The van der Waals surface area contributed by atoms with E-state index < -0.39 is 0 Å². The van der Waals surface area contributed by atoms with Crippen LogP contribution in [0.4, 0.5) is 10.2 Å². The average Bonchev–Trinajstić information content (AvgIpc) is 3.30. The van der Waals surface area contributed by atoms with Crippen LogP contribution in [0.1, 0.15) is 12.6 Å². The summed E-state index contributed by atoms with van der Waals surface area (Å²) in [5.41, 5.74) is 1.89. The molecule has 3 aromatic heterocycles. The third-order valence-electron chi connectivity index (χ3n) is 4.15. The highest BCUT2D eigenvalue weighted by atomic mass is 19.1. The molecule has 9 nitrogen and oxygen atoms in total. The molecule has 4 rings (SSSR count). The number of ether oxygens (including phenoxy) is 1. The van der Waals surface area contributed by atoms with Crippen LogP contribution in [-0.4, -0.2) is 48.6 Å². The van der Waals surface area contributed by atoms with Crippen LogP contribution in [0.15, 0.2) is 42.9 Å². The van der Waals surface area contributed by atoms with E-state index in [0.29, 0.717) is 40.7 Å². The monoisotopic (exact) mass is 395 g/mol. The number of nitrogens with zero attached hydrogens (tertiary/aromatic N) is 6. The predicted molar refractivity (Wildman–Crippen MR) is 104 cm³/mol. The lowest BCUT2D eigenvalue weighted by molar-refractivity contribution is -0.120. The lowest BCUT2D eigenvalue weighted by Crippen LogP contribution is -2.20. The van der Waals surface area contributed by atoms with Gasteiger partial charge in [0.1, 0.15) is 24.6 Å². The summed E-state index contributed by atoms with van der Waals surface area (Å²) < 4.78 is 21.5. The topological polar surface area (TPSA) is 99.8 Å². The van der Waals surface area contributed by atoms with E-state index in [-0.39, 0.29) is 18.3 Å². The van der Waals surface area contributed by atoms with E-state index in [9.17, 15) is 9.18 Å². The minimum atomic E-state index is -0.333. The summed E-state index contributed by atoms with van der Waals surface area (Å²) in [5, 5.41) is 12.2. The van der Waals surface area contributed by atoms with Gasteiger partial charge in [0.05, 0.1) is 23.0 Å². The normalized spacial score (nSPS) is 11.1. The summed E-state index contributed by atoms with van der Waals surface area (Å²) in [7, 11) is 0. The maximum Gasteiger partial charge on any atom is 0.251 e. The third kappa shape index (κ3) is 3.69. The second kappa shape index (κ2) is 7.76. The van der Waals surface area contributed by atoms with Crippen LogP contribution in [0.5, 0.6) is 0 Å². The number of halogens is 1. The van der Waals surface area contributed by atoms with E-state index in [4.69, 9.17) is 4.74 Å². The zero-order valence-electron chi connectivity index (χ0n) is 15.8. The molecule has 0 saturated carbocycles. The molecule has 0 fully saturated rings. The maximum atomic E-state index is 13.2. The Kier molecular flexibility index (Phi) is 5.00. The van der Waals surface area contributed by atoms with Gasteiger partial charge in [-0.05, 0) is 38.1 Å². The van der Waals surface area contributed by atoms with Gasteiger partial charge in [-0.2, -0.15) is 14.9 Å². The number of carbonyl (C=O) groups excluding carboxylic acids is 1. The molecule has 0 aliphatic carbocycles. The van der Waals surface area contributed by atoms with E-state index in [1.54, 1.807) is 29.1 Å². The summed E-state index contributed by atoms with van der Waals surface area (Å²) >= 11 is 0. The first-order chi connectivity index (χ1) is 14.1. The van der Waals surface area contributed by atoms with Crippen molar-refractivity contribution in [1.82, 2.24) is 29.5 Å². The van der Waals surface area contributed by atoms with Gasteiger partial charge in [-0.15, -0.1) is 0 Å². The second-order valence-corrected chi connectivity index (χ2v) is 6.24. The minimum absolute atomic E-state index is 0.0532. The fraction of sp³-hybridized carbons (Fsp3) is 0.211. The molecule has 0 atom stereocenters. The molecule has 148 valence electrons. The van der Waals surface area contributed by atoms with Gasteiger partial charge in [0, 0.05) is 12.7 Å². The van der Waals surface area contributed by atoms with Crippen molar-refractivity contribution in [3.05, 3.63) is 54.4 Å². The molecule has 0 spiro atoms. The Morgan fingerprint density at radius 1 is 1.21 bits per heavy atom. The Labute approximate surface area is 165 Å². The smallest absolute Gasteiger partial charge is 0.251 e. The molecule has 0 aliphatic heterocycles. The summed E-state index contributed by atoms with van der Waals surface area (Å²) in [6.45, 7) is 4.02. The number of carbonyl (C=O) groups is 1. The van der Waals surface area contributed by atoms with Crippen molar-refractivity contribution in [1.29, 1.82) is 0 Å². The zero-order chi connectivity index (χ0) is 20.4. The lowest BCUT2D eigenvalue weighted by Gasteiger charge is -2.09. The number of nitrogens with one attached hydrogen (secondary N) is 1. The first-order valence-corrected chi connectivity index (χ1v) is 8.96. The molecule has 1 N–H and O–H groups in total. The van der Waals surface area contributed by atoms with Crippen molar-refractivity contribution in [2.24, 2.45) is 0 Å². The van der Waals surface area contributed by atoms with Crippen molar-refractivity contribution in [3.63, 3.8) is 0 Å². The van der Waals surface area contributed by atoms with Crippen LogP contribution < -0.4 is 5.32 Å². The highest BCUT2D eigenvalue weighted by Crippen LogP contribution is 2.24. The largest absolute Gasteiger partial charge is 0.372 e. The molecule has 0 radical (unpaired) electrons. The van der Waals surface area contributed by atoms with Crippen LogP contribution in [0.3, 0.4) is 0 Å². The third-order valence-corrected chi connectivity index (χ3v) is 4.15. The molecular weight excluding hydrogens is 377 g/mol. The van der Waals surface area contributed by atoms with E-state index in [1.807, 2.05) is 13.8 Å². The molecule has 1 amide bonds. The lowest BCUT2D eigenvalue weighted by atomic mass is 10.3. The first-order valence-electron chi connectivity index (χ1n) is 8.96. The van der Waals surface area contributed by atoms with Gasteiger partial charge in [-0.25, -0.2) is 19.0 Å². The van der Waals surface area contributed by atoms with E-state index in [0.717, 1.165) is 0 Å². The van der Waals surface area contributed by atoms with Crippen molar-refractivity contribution in [2.75, 3.05) is 18.5 Å². The first kappa shape index (κ1) is 18.7. The highest BCUT2D eigenvalue weighted by Gasteiger charge is 2.17. The maximum absolute atomic E-state index is 13.2. The SMILES string of the molecule is CCOCC(=O)Nc1cc(C)nn1-c1ncnc2c1cnn2-c1ccc(F)cc1. The Morgan fingerprint density at radius 3 is 2.76 bits per heavy atom. The number of rotatable bonds is 6. The molecule has 1 aromatic carbocycles. The van der Waals surface area contributed by atoms with Gasteiger partial charge < -0.3 is 10.1 Å². The molecule has 29 heavy (non-hydrogen) atoms. The minimum Gasteiger partial charge on any atom is -0.372 e. The summed E-state index contributed by atoms with van der Waals surface area (Å²) in [6, 6.07) is 7.67. The second-order valence-electron chi connectivity index (χ2n) is 6.24. The Morgan fingerprint density at radius 2 is 2.00 bits per heavy atom. The van der Waals surface area contributed by atoms with Crippen LogP contribution in [0.2, 0.25) is 0 Å². The van der Waals surface area contributed by atoms with Crippen molar-refractivity contribution < 1.29 is 13.9 Å². The van der Waals surface area contributed by atoms with E-state index >= 15 is 0 Å². The number of fused-ring (bicyclic) bond motifs is 1. The van der Waals surface area contributed by atoms with Crippen molar-refractivity contribution in [3.8, 4) is 11.5 Å². The van der Waals surface area contributed by atoms with Gasteiger partial charge >= 0.3 is 0 Å².